The van der Waals surface area contributed by atoms with Crippen molar-refractivity contribution in [2.45, 2.75) is 0 Å². The molecule has 0 amide bonds. The predicted octanol–water partition coefficient (Wildman–Crippen LogP) is 1.37. The zero-order valence-electron chi connectivity index (χ0n) is 4.03. The molecule has 0 bridgehead atoms. The highest BCUT2D eigenvalue weighted by Gasteiger charge is 2.25. The molecule has 7 heavy (non-hydrogen) atoms. The first-order chi connectivity index (χ1) is 3.12. The van der Waals surface area contributed by atoms with E-state index in [-0.39, 0.29) is 0 Å². The van der Waals surface area contributed by atoms with Crippen LogP contribution in [0.1, 0.15) is 0 Å². The summed E-state index contributed by atoms with van der Waals surface area (Å²) in [4.78, 5) is 20.6. The summed E-state index contributed by atoms with van der Waals surface area (Å²) in [5.41, 5.74) is 0. The fraction of sp³-hybridized carbons (Fsp3) is 0.333. The molecule has 0 aromatic rings. The Labute approximate surface area is 42.5 Å². The highest BCUT2D eigenvalue weighted by Crippen LogP contribution is 2.52. The topological polar surface area (TPSA) is 49.7 Å². The number of hydrogen-bond donors (Lipinski definition) is 1. The lowest BCUT2D eigenvalue weighted by atomic mass is 11.3. The van der Waals surface area contributed by atoms with Gasteiger partial charge in [-0.2, -0.15) is 0 Å². The highest BCUT2D eigenvalue weighted by atomic mass is 31.2. The van der Waals surface area contributed by atoms with Crippen molar-refractivity contribution >= 4 is 7.64 Å². The van der Waals surface area contributed by atoms with E-state index in [0.29, 0.717) is 0 Å². The molecule has 0 aromatic heterocycles. The fourth-order valence-electron chi connectivity index (χ4n) is 0.0333. The summed E-state index contributed by atoms with van der Waals surface area (Å²) in [5, 5.41) is 0. The minimum Gasteiger partial charge on any atom is -0.217 e. The second kappa shape index (κ2) is 2.15. The Balaban J connectivity index is 3.82. The first-order valence-electron chi connectivity index (χ1n) is 1.70. The van der Waals surface area contributed by atoms with E-state index in [2.05, 4.69) is 11.5 Å². The second-order valence-corrected chi connectivity index (χ2v) is 3.73. The lowest BCUT2D eigenvalue weighted by Crippen LogP contribution is -1.72. The van der Waals surface area contributed by atoms with E-state index in [9.17, 15) is 4.91 Å². The molecule has 0 radical (unpaired) electrons. The minimum absolute atomic E-state index is 1.18. The van der Waals surface area contributed by atoms with Crippen LogP contribution in [0, 0.1) is 4.91 Å². The van der Waals surface area contributed by atoms with Gasteiger partial charge in [0.1, 0.15) is 17.4 Å². The molecule has 0 heterocycles. The lowest BCUT2D eigenvalue weighted by molar-refractivity contribution is 0.618. The third-order valence-electron chi connectivity index (χ3n) is 0.511. The average Bonchev–Trinajstić information content (AvgIpc) is 1.68. The maximum atomic E-state index is 9.54. The van der Waals surface area contributed by atoms with E-state index >= 15 is 0 Å². The van der Waals surface area contributed by atoms with Crippen molar-refractivity contribution in [3.05, 3.63) is 17.3 Å². The normalized spacial score (nSPS) is 17.4. The SMILES string of the molecule is C=C[P+](C)(O)N=O. The van der Waals surface area contributed by atoms with Crippen LogP contribution >= 0.6 is 7.64 Å². The van der Waals surface area contributed by atoms with E-state index in [1.807, 2.05) is 0 Å². The smallest absolute Gasteiger partial charge is 0.217 e. The largest absolute Gasteiger partial charge is 0.327 e. The fourth-order valence-corrected chi connectivity index (χ4v) is 0.100. The molecular formula is C3H7NO2P+. The van der Waals surface area contributed by atoms with Gasteiger partial charge >= 0.3 is 7.64 Å². The number of rotatable bonds is 2. The van der Waals surface area contributed by atoms with Crippen LogP contribution in [-0.4, -0.2) is 11.6 Å². The predicted molar refractivity (Wildman–Crippen MR) is 31.1 cm³/mol. The summed E-state index contributed by atoms with van der Waals surface area (Å²) in [6.07, 6.45) is 0. The minimum atomic E-state index is -2.57. The molecule has 0 fully saturated rings. The molecule has 0 aromatic carbocycles. The Hall–Kier alpha value is -0.270. The van der Waals surface area contributed by atoms with Gasteiger partial charge in [-0.25, -0.2) is 4.89 Å². The van der Waals surface area contributed by atoms with E-state index in [4.69, 9.17) is 4.89 Å². The van der Waals surface area contributed by atoms with Crippen LogP contribution in [0.5, 0.6) is 0 Å². The maximum Gasteiger partial charge on any atom is 0.327 e. The molecule has 3 nitrogen and oxygen atoms in total. The van der Waals surface area contributed by atoms with Crippen molar-refractivity contribution < 1.29 is 4.89 Å². The van der Waals surface area contributed by atoms with Crippen molar-refractivity contribution in [1.29, 1.82) is 0 Å². The van der Waals surface area contributed by atoms with E-state index in [1.54, 1.807) is 0 Å². The molecule has 0 saturated heterocycles. The summed E-state index contributed by atoms with van der Waals surface area (Å²) in [6, 6.07) is 0. The van der Waals surface area contributed by atoms with Gasteiger partial charge in [0.2, 0.25) is 0 Å². The zero-order valence-corrected chi connectivity index (χ0v) is 4.93. The van der Waals surface area contributed by atoms with Gasteiger partial charge < -0.3 is 0 Å². The number of nitrogens with zero attached hydrogens (tertiary/aromatic N) is 1. The van der Waals surface area contributed by atoms with Gasteiger partial charge in [0, 0.05) is 0 Å². The molecule has 1 atom stereocenters. The maximum absolute atomic E-state index is 9.54. The number of hydrogen-bond acceptors (Lipinski definition) is 3. The van der Waals surface area contributed by atoms with Crippen LogP contribution in [0.25, 0.3) is 0 Å². The number of nitroso groups, excluding NO2 is 1. The Morgan fingerprint density at radius 1 is 2.00 bits per heavy atom. The van der Waals surface area contributed by atoms with Gasteiger partial charge in [0.15, 0.2) is 0 Å². The molecule has 0 spiro atoms. The van der Waals surface area contributed by atoms with Gasteiger partial charge in [-0.3, -0.25) is 0 Å². The van der Waals surface area contributed by atoms with E-state index in [1.165, 1.54) is 12.5 Å². The molecule has 40 valence electrons. The van der Waals surface area contributed by atoms with E-state index in [0.717, 1.165) is 0 Å². The summed E-state index contributed by atoms with van der Waals surface area (Å²) >= 11 is 0. The molecule has 0 aliphatic rings. The quantitative estimate of drug-likeness (QED) is 0.441. The Bertz CT molecular complexity index is 80.9. The van der Waals surface area contributed by atoms with Crippen molar-refractivity contribution in [3.63, 3.8) is 0 Å². The standard InChI is InChI=1S/C3H7NO2P/c1-3-7(2,6)4-5/h3,6H,1H2,2H3/q+1. The first kappa shape index (κ1) is 6.73. The molecule has 4 heteroatoms. The molecule has 0 rings (SSSR count). The molecule has 0 saturated carbocycles. The Kier molecular flexibility index (Phi) is 2.06. The summed E-state index contributed by atoms with van der Waals surface area (Å²) in [7, 11) is -2.57. The van der Waals surface area contributed by atoms with Crippen molar-refractivity contribution in [1.82, 2.24) is 0 Å². The van der Waals surface area contributed by atoms with Crippen LogP contribution in [0.2, 0.25) is 0 Å². The van der Waals surface area contributed by atoms with Gasteiger partial charge in [0.25, 0.3) is 0 Å². The summed E-state index contributed by atoms with van der Waals surface area (Å²) < 4.78 is 0. The van der Waals surface area contributed by atoms with Crippen molar-refractivity contribution in [2.75, 3.05) is 6.66 Å². The van der Waals surface area contributed by atoms with E-state index < -0.39 is 7.64 Å². The van der Waals surface area contributed by atoms with Crippen LogP contribution in [0.15, 0.2) is 17.3 Å². The summed E-state index contributed by atoms with van der Waals surface area (Å²) in [6.45, 7) is 4.58. The van der Waals surface area contributed by atoms with Crippen LogP contribution in [0.3, 0.4) is 0 Å². The molecule has 0 aliphatic carbocycles. The molecular weight excluding hydrogens is 113 g/mol. The average molecular weight is 120 g/mol. The highest BCUT2D eigenvalue weighted by molar-refractivity contribution is 7.71. The van der Waals surface area contributed by atoms with Gasteiger partial charge in [-0.1, -0.05) is 6.58 Å². The Morgan fingerprint density at radius 3 is 2.43 bits per heavy atom. The third-order valence-corrected chi connectivity index (χ3v) is 1.53. The van der Waals surface area contributed by atoms with Crippen LogP contribution in [0.4, 0.5) is 0 Å². The van der Waals surface area contributed by atoms with Gasteiger partial charge in [0.05, 0.1) is 0 Å². The summed E-state index contributed by atoms with van der Waals surface area (Å²) in [5.74, 6) is 1.18. The zero-order chi connectivity index (χ0) is 5.91. The van der Waals surface area contributed by atoms with Crippen molar-refractivity contribution in [2.24, 2.45) is 4.95 Å². The molecule has 0 aliphatic heterocycles. The van der Waals surface area contributed by atoms with Gasteiger partial charge in [-0.15, -0.1) is 4.91 Å². The van der Waals surface area contributed by atoms with Crippen molar-refractivity contribution in [3.8, 4) is 0 Å². The monoisotopic (exact) mass is 120 g/mol. The van der Waals surface area contributed by atoms with Crippen LogP contribution in [-0.2, 0) is 0 Å². The lowest BCUT2D eigenvalue weighted by Gasteiger charge is -1.90. The molecule has 1 N–H and O–H groups in total. The first-order valence-corrected chi connectivity index (χ1v) is 3.91. The van der Waals surface area contributed by atoms with Crippen LogP contribution < -0.4 is 0 Å². The third kappa shape index (κ3) is 2.43. The Morgan fingerprint density at radius 2 is 2.43 bits per heavy atom. The second-order valence-electron chi connectivity index (χ2n) is 1.24. The molecule has 1 unspecified atom stereocenters. The van der Waals surface area contributed by atoms with Gasteiger partial charge in [-0.05, 0) is 0 Å².